The molecule has 0 spiro atoms. The third-order valence-electron chi connectivity index (χ3n) is 14.8. The molecule has 47 heavy (non-hydrogen) atoms. The van der Waals surface area contributed by atoms with Gasteiger partial charge in [-0.05, 0) is 111 Å². The predicted molar refractivity (Wildman–Crippen MR) is 196 cm³/mol. The zero-order chi connectivity index (χ0) is 33.6. The van der Waals surface area contributed by atoms with E-state index in [9.17, 15) is 9.59 Å². The van der Waals surface area contributed by atoms with Gasteiger partial charge in [-0.15, -0.1) is 0 Å². The minimum atomic E-state index is 0.189. The summed E-state index contributed by atoms with van der Waals surface area (Å²) in [4.78, 5) is 26.0. The summed E-state index contributed by atoms with van der Waals surface area (Å²) in [5.41, 5.74) is 3.11. The van der Waals surface area contributed by atoms with Crippen LogP contribution in [0.15, 0.2) is 12.3 Å². The summed E-state index contributed by atoms with van der Waals surface area (Å²) in [6, 6.07) is 2.28. The molecule has 1 N–H and O–H groups in total. The molecule has 264 valence electrons. The van der Waals surface area contributed by atoms with Crippen molar-refractivity contribution < 1.29 is 14.2 Å². The van der Waals surface area contributed by atoms with E-state index in [1.165, 1.54) is 109 Å². The number of hydrogen-bond donors (Lipinski definition) is 1. The minimum absolute atomic E-state index is 0.189. The Bertz CT molecular complexity index is 1190. The summed E-state index contributed by atoms with van der Waals surface area (Å²) >= 11 is 0. The largest absolute Gasteiger partial charge is 0.376 e. The molecule has 1 heterocycles. The number of unbranched alkanes of at least 4 members (excludes halogenated alkanes) is 8. The quantitative estimate of drug-likeness (QED) is 0.0792. The number of rotatable bonds is 17. The van der Waals surface area contributed by atoms with Gasteiger partial charge in [0.05, 0.1) is 5.56 Å². The van der Waals surface area contributed by atoms with Crippen LogP contribution in [0.2, 0.25) is 0 Å². The molecule has 4 saturated carbocycles. The lowest BCUT2D eigenvalue weighted by molar-refractivity contribution is -0.672. The predicted octanol–water partition coefficient (Wildman–Crippen LogP) is 11.3. The van der Waals surface area contributed by atoms with E-state index in [2.05, 4.69) is 39.9 Å². The monoisotopic (exact) mass is 648 g/mol. The van der Waals surface area contributed by atoms with Gasteiger partial charge < -0.3 is 5.32 Å². The molecule has 4 fully saturated rings. The highest BCUT2D eigenvalue weighted by molar-refractivity contribution is 6.03. The number of hydrogen-bond acceptors (Lipinski definition) is 3. The fraction of sp³-hybridized carbons (Fsp3) is 0.837. The highest BCUT2D eigenvalue weighted by atomic mass is 16.1. The summed E-state index contributed by atoms with van der Waals surface area (Å²) in [6.07, 6.45) is 29.5. The third kappa shape index (κ3) is 7.72. The van der Waals surface area contributed by atoms with Crippen LogP contribution in [0.5, 0.6) is 0 Å². The molecule has 4 nitrogen and oxygen atoms in total. The van der Waals surface area contributed by atoms with Crippen molar-refractivity contribution in [1.82, 2.24) is 0 Å². The van der Waals surface area contributed by atoms with Crippen molar-refractivity contribution in [3.05, 3.63) is 23.5 Å². The second-order valence-electron chi connectivity index (χ2n) is 17.5. The molecule has 1 aromatic heterocycles. The number of ketones is 1. The summed E-state index contributed by atoms with van der Waals surface area (Å²) < 4.78 is 1.89. The number of carbonyl (C=O) groups is 2. The molecule has 4 heteroatoms. The van der Waals surface area contributed by atoms with Crippen LogP contribution < -0.4 is 9.88 Å². The first-order valence-corrected chi connectivity index (χ1v) is 20.4. The number of aryl methyl sites for hydroxylation is 1. The van der Waals surface area contributed by atoms with Crippen molar-refractivity contribution in [2.75, 3.05) is 5.32 Å². The lowest BCUT2D eigenvalue weighted by Gasteiger charge is -2.61. The minimum Gasteiger partial charge on any atom is -0.376 e. The van der Waals surface area contributed by atoms with E-state index in [0.29, 0.717) is 29.0 Å². The van der Waals surface area contributed by atoms with Gasteiger partial charge in [0, 0.05) is 18.5 Å². The van der Waals surface area contributed by atoms with Crippen LogP contribution in [0.25, 0.3) is 0 Å². The molecular weight excluding hydrogens is 576 g/mol. The van der Waals surface area contributed by atoms with Crippen LogP contribution in [0.4, 0.5) is 5.69 Å². The maximum atomic E-state index is 13.6. The number of fused-ring (bicyclic) bond motifs is 5. The molecule has 9 atom stereocenters. The van der Waals surface area contributed by atoms with Gasteiger partial charge in [-0.2, -0.15) is 4.57 Å². The molecule has 4 aliphatic rings. The van der Waals surface area contributed by atoms with E-state index in [1.807, 2.05) is 23.9 Å². The number of pyridine rings is 1. The summed E-state index contributed by atoms with van der Waals surface area (Å²) in [5, 5.41) is 3.85. The van der Waals surface area contributed by atoms with Crippen LogP contribution in [0.3, 0.4) is 0 Å². The molecule has 0 saturated heterocycles. The Kier molecular flexibility index (Phi) is 12.7. The summed E-state index contributed by atoms with van der Waals surface area (Å²) in [6.45, 7) is 12.6. The van der Waals surface area contributed by atoms with Gasteiger partial charge in [-0.25, -0.2) is 0 Å². The molecule has 0 radical (unpaired) electrons. The van der Waals surface area contributed by atoms with Gasteiger partial charge in [0.25, 0.3) is 5.69 Å². The maximum absolute atomic E-state index is 13.6. The Hall–Kier alpha value is -1.71. The highest BCUT2D eigenvalue weighted by Crippen LogP contribution is 2.68. The van der Waals surface area contributed by atoms with E-state index in [4.69, 9.17) is 0 Å². The zero-order valence-corrected chi connectivity index (χ0v) is 31.4. The van der Waals surface area contributed by atoms with E-state index in [0.717, 1.165) is 72.3 Å². The first-order valence-electron chi connectivity index (χ1n) is 20.4. The Labute approximate surface area is 289 Å². The smallest absolute Gasteiger partial charge is 0.269 e. The van der Waals surface area contributed by atoms with Crippen molar-refractivity contribution >= 4 is 17.8 Å². The molecule has 0 bridgehead atoms. The second kappa shape index (κ2) is 16.3. The van der Waals surface area contributed by atoms with Crippen LogP contribution in [0.1, 0.15) is 190 Å². The highest BCUT2D eigenvalue weighted by Gasteiger charge is 2.60. The van der Waals surface area contributed by atoms with E-state index >= 15 is 0 Å². The molecule has 0 aliphatic heterocycles. The van der Waals surface area contributed by atoms with Crippen molar-refractivity contribution in [2.45, 2.75) is 175 Å². The van der Waals surface area contributed by atoms with E-state index in [-0.39, 0.29) is 5.78 Å². The Morgan fingerprint density at radius 1 is 0.894 bits per heavy atom. The summed E-state index contributed by atoms with van der Waals surface area (Å²) in [5.74, 6) is 5.43. The topological polar surface area (TPSA) is 50.0 Å². The maximum Gasteiger partial charge on any atom is 0.269 e. The number of aldehydes is 1. The fourth-order valence-corrected chi connectivity index (χ4v) is 12.1. The zero-order valence-electron chi connectivity index (χ0n) is 31.4. The summed E-state index contributed by atoms with van der Waals surface area (Å²) in [7, 11) is 1.93. The van der Waals surface area contributed by atoms with Crippen molar-refractivity contribution in [3.63, 3.8) is 0 Å². The van der Waals surface area contributed by atoms with Crippen molar-refractivity contribution in [1.29, 1.82) is 0 Å². The van der Waals surface area contributed by atoms with Gasteiger partial charge in [0.15, 0.2) is 12.0 Å². The molecule has 1 aromatic rings. The van der Waals surface area contributed by atoms with Crippen molar-refractivity contribution in [2.24, 2.45) is 53.4 Å². The Morgan fingerprint density at radius 2 is 1.57 bits per heavy atom. The second-order valence-corrected chi connectivity index (χ2v) is 17.5. The lowest BCUT2D eigenvalue weighted by Crippen LogP contribution is -2.54. The van der Waals surface area contributed by atoms with E-state index < -0.39 is 0 Å². The molecule has 5 rings (SSSR count). The lowest BCUT2D eigenvalue weighted by atomic mass is 9.44. The number of nitrogens with one attached hydrogen (secondary N) is 1. The number of carbonyl (C=O) groups excluding carboxylic acids is 2. The molecule has 4 aliphatic carbocycles. The van der Waals surface area contributed by atoms with Gasteiger partial charge in [0.1, 0.15) is 12.7 Å². The molecule has 0 aromatic carbocycles. The standard InChI is InChI=1S/C43H70N2O2/c1-7-9-10-11-12-13-14-15-16-18-40(47)35-25-28-45(6)39(30-46)41(35)44-33-23-26-42(4)32(29-33)19-20-34-37-22-21-36(31(3)17-8-2)43(37,5)27-24-38(34)42/h25,28,30-34,36-38H,7-24,26-27,29H2,1-6H3/p+1/t31-,32?,33?,34?,36-,37?,38?,42+,43-/m1/s1. The Morgan fingerprint density at radius 3 is 2.28 bits per heavy atom. The van der Waals surface area contributed by atoms with Gasteiger partial charge in [-0.1, -0.05) is 98.8 Å². The molecule has 0 amide bonds. The average Bonchev–Trinajstić information content (AvgIpc) is 3.41. The van der Waals surface area contributed by atoms with Crippen LogP contribution in [-0.2, 0) is 7.05 Å². The Balaban J connectivity index is 1.20. The first kappa shape index (κ1) is 36.6. The molecular formula is C43H71N2O2+. The van der Waals surface area contributed by atoms with Gasteiger partial charge >= 0.3 is 0 Å². The van der Waals surface area contributed by atoms with Crippen LogP contribution >= 0.6 is 0 Å². The van der Waals surface area contributed by atoms with Gasteiger partial charge in [0.2, 0.25) is 6.29 Å². The van der Waals surface area contributed by atoms with Crippen LogP contribution in [-0.4, -0.2) is 18.1 Å². The van der Waals surface area contributed by atoms with Gasteiger partial charge in [-0.3, -0.25) is 9.59 Å². The SMILES string of the molecule is CCCCCCCCCCCC(=O)c1cc[n+](C)c(C=O)c1NC1CC[C@@]2(C)C(CCC3C2CC[C@@]2(C)C3CC[C@@H]2[C@H](C)CCC)C1. The first-order chi connectivity index (χ1) is 22.7. The van der Waals surface area contributed by atoms with Crippen molar-refractivity contribution in [3.8, 4) is 0 Å². The number of Topliss-reactive ketones (excluding diaryl/α,β-unsaturated/α-hetero) is 1. The van der Waals surface area contributed by atoms with Crippen LogP contribution in [0, 0.1) is 46.3 Å². The number of aromatic nitrogens is 1. The number of anilines is 1. The van der Waals surface area contributed by atoms with E-state index in [1.54, 1.807) is 0 Å². The average molecular weight is 648 g/mol. The number of nitrogens with zero attached hydrogens (tertiary/aromatic N) is 1. The molecule has 5 unspecified atom stereocenters. The fourth-order valence-electron chi connectivity index (χ4n) is 12.1. The normalized spacial score (nSPS) is 33.8. The third-order valence-corrected chi connectivity index (χ3v) is 14.8.